The minimum Gasteiger partial charge on any atom is -0.481 e. The third-order valence-electron chi connectivity index (χ3n) is 2.75. The Balaban J connectivity index is 2.70. The molecule has 114 valence electrons. The predicted molar refractivity (Wildman–Crippen MR) is 79.7 cm³/mol. The molecule has 0 aliphatic heterocycles. The van der Waals surface area contributed by atoms with Gasteiger partial charge in [-0.3, -0.25) is 10.1 Å². The molecule has 22 heavy (non-hydrogen) atoms. The number of nitrogens with zero attached hydrogens (tertiary/aromatic N) is 3. The summed E-state index contributed by atoms with van der Waals surface area (Å²) < 4.78 is 10.2. The van der Waals surface area contributed by atoms with Crippen LogP contribution in [0, 0.1) is 10.1 Å². The lowest BCUT2D eigenvalue weighted by molar-refractivity contribution is -0.384. The largest absolute Gasteiger partial charge is 0.481 e. The van der Waals surface area contributed by atoms with E-state index in [0.717, 1.165) is 0 Å². The minimum atomic E-state index is -0.615. The fraction of sp³-hybridized carbons (Fsp3) is 0.154. The molecule has 0 spiro atoms. The molecule has 0 bridgehead atoms. The number of hydrogen-bond donors (Lipinski definition) is 0. The maximum Gasteiger partial charge on any atom is 0.339 e. The number of rotatable bonds is 4. The number of carbonyl (C=O) groups excluding carboxylic acids is 1. The Labute approximate surface area is 133 Å². The molecule has 2 rings (SSSR count). The Kier molecular flexibility index (Phi) is 4.66. The Morgan fingerprint density at radius 3 is 2.59 bits per heavy atom. The van der Waals surface area contributed by atoms with Crippen LogP contribution >= 0.6 is 15.9 Å². The topological polar surface area (TPSA) is 104 Å². The summed E-state index contributed by atoms with van der Waals surface area (Å²) in [5, 5.41) is 11.2. The van der Waals surface area contributed by atoms with E-state index in [2.05, 4.69) is 30.6 Å². The molecule has 8 nitrogen and oxygen atoms in total. The van der Waals surface area contributed by atoms with E-state index in [1.807, 2.05) is 0 Å². The van der Waals surface area contributed by atoms with E-state index in [4.69, 9.17) is 4.74 Å². The van der Waals surface area contributed by atoms with Gasteiger partial charge in [0, 0.05) is 22.9 Å². The highest BCUT2D eigenvalue weighted by atomic mass is 79.9. The van der Waals surface area contributed by atoms with Gasteiger partial charge in [-0.2, -0.15) is 0 Å². The second kappa shape index (κ2) is 6.48. The number of hydrogen-bond acceptors (Lipinski definition) is 7. The van der Waals surface area contributed by atoms with Crippen molar-refractivity contribution in [1.29, 1.82) is 0 Å². The highest BCUT2D eigenvalue weighted by molar-refractivity contribution is 9.10. The average Bonchev–Trinajstić information content (AvgIpc) is 2.53. The molecule has 0 radical (unpaired) electrons. The number of pyridine rings is 2. The van der Waals surface area contributed by atoms with E-state index in [-0.39, 0.29) is 28.4 Å². The van der Waals surface area contributed by atoms with Crippen molar-refractivity contribution in [2.24, 2.45) is 0 Å². The van der Waals surface area contributed by atoms with Gasteiger partial charge in [0.1, 0.15) is 0 Å². The standard InChI is InChI=1S/C13H10BrN3O5/c1-21-12-9(3-7(5-16-12)13(18)22-2)11-10(17(19)20)4-8(14)6-15-11/h3-6H,1-2H3. The zero-order valence-electron chi connectivity index (χ0n) is 11.6. The van der Waals surface area contributed by atoms with E-state index < -0.39 is 10.9 Å². The molecule has 0 aliphatic carbocycles. The molecule has 0 aromatic carbocycles. The van der Waals surface area contributed by atoms with E-state index >= 15 is 0 Å². The van der Waals surface area contributed by atoms with Crippen LogP contribution in [0.3, 0.4) is 0 Å². The molecule has 2 aromatic rings. The smallest absolute Gasteiger partial charge is 0.339 e. The van der Waals surface area contributed by atoms with Crippen LogP contribution < -0.4 is 4.74 Å². The molecule has 9 heteroatoms. The summed E-state index contributed by atoms with van der Waals surface area (Å²) in [6.45, 7) is 0. The highest BCUT2D eigenvalue weighted by Gasteiger charge is 2.23. The number of carbonyl (C=O) groups is 1. The number of nitro groups is 1. The van der Waals surface area contributed by atoms with Gasteiger partial charge >= 0.3 is 5.97 Å². The normalized spacial score (nSPS) is 10.1. The van der Waals surface area contributed by atoms with E-state index in [1.54, 1.807) is 0 Å². The first-order valence-corrected chi connectivity index (χ1v) is 6.70. The van der Waals surface area contributed by atoms with Crippen LogP contribution in [-0.2, 0) is 4.74 Å². The van der Waals surface area contributed by atoms with Crippen LogP contribution in [0.25, 0.3) is 11.3 Å². The lowest BCUT2D eigenvalue weighted by Gasteiger charge is -2.09. The SMILES string of the molecule is COC(=O)c1cnc(OC)c(-c2ncc(Br)cc2[N+](=O)[O-])c1. The van der Waals surface area contributed by atoms with Crippen LogP contribution in [0.5, 0.6) is 5.88 Å². The fourth-order valence-corrected chi connectivity index (χ4v) is 2.11. The minimum absolute atomic E-state index is 0.0447. The van der Waals surface area contributed by atoms with Gasteiger partial charge in [0.2, 0.25) is 5.88 Å². The summed E-state index contributed by atoms with van der Waals surface area (Å²) in [4.78, 5) is 30.3. The predicted octanol–water partition coefficient (Wildman–Crippen LogP) is 2.61. The van der Waals surface area contributed by atoms with Gasteiger partial charge in [-0.15, -0.1) is 0 Å². The molecular weight excluding hydrogens is 358 g/mol. The second-order valence-electron chi connectivity index (χ2n) is 4.05. The van der Waals surface area contributed by atoms with Gasteiger partial charge in [0.15, 0.2) is 5.69 Å². The third kappa shape index (κ3) is 3.03. The van der Waals surface area contributed by atoms with Gasteiger partial charge in [0.25, 0.3) is 5.69 Å². The van der Waals surface area contributed by atoms with Crippen LogP contribution in [-0.4, -0.2) is 35.1 Å². The van der Waals surface area contributed by atoms with Gasteiger partial charge in [-0.05, 0) is 22.0 Å². The summed E-state index contributed by atoms with van der Waals surface area (Å²) >= 11 is 3.13. The van der Waals surface area contributed by atoms with Gasteiger partial charge in [-0.25, -0.2) is 14.8 Å². The van der Waals surface area contributed by atoms with Gasteiger partial charge in [-0.1, -0.05) is 0 Å². The molecular formula is C13H10BrN3O5. The lowest BCUT2D eigenvalue weighted by Crippen LogP contribution is -2.04. The summed E-state index contributed by atoms with van der Waals surface area (Å²) in [5.41, 5.74) is 0.168. The average molecular weight is 368 g/mol. The molecule has 0 amide bonds. The van der Waals surface area contributed by atoms with Crippen molar-refractivity contribution in [2.75, 3.05) is 14.2 Å². The summed E-state index contributed by atoms with van der Waals surface area (Å²) in [6, 6.07) is 2.70. The fourth-order valence-electron chi connectivity index (χ4n) is 1.79. The number of halogens is 1. The highest BCUT2D eigenvalue weighted by Crippen LogP contribution is 2.35. The quantitative estimate of drug-likeness (QED) is 0.464. The van der Waals surface area contributed by atoms with Crippen LogP contribution in [0.1, 0.15) is 10.4 Å². The molecule has 0 unspecified atom stereocenters. The van der Waals surface area contributed by atoms with Crippen molar-refractivity contribution in [3.63, 3.8) is 0 Å². The number of ether oxygens (including phenoxy) is 2. The van der Waals surface area contributed by atoms with E-state index in [1.165, 1.54) is 38.7 Å². The molecule has 0 atom stereocenters. The summed E-state index contributed by atoms with van der Waals surface area (Å²) in [6.07, 6.45) is 2.67. The van der Waals surface area contributed by atoms with Crippen molar-refractivity contribution in [1.82, 2.24) is 9.97 Å². The molecule has 0 saturated heterocycles. The van der Waals surface area contributed by atoms with Crippen LogP contribution in [0.2, 0.25) is 0 Å². The second-order valence-corrected chi connectivity index (χ2v) is 4.97. The maximum atomic E-state index is 11.6. The maximum absolute atomic E-state index is 11.6. The first kappa shape index (κ1) is 15.8. The van der Waals surface area contributed by atoms with E-state index in [0.29, 0.717) is 4.47 Å². The lowest BCUT2D eigenvalue weighted by atomic mass is 10.1. The van der Waals surface area contributed by atoms with Crippen LogP contribution in [0.4, 0.5) is 5.69 Å². The Morgan fingerprint density at radius 1 is 1.27 bits per heavy atom. The number of esters is 1. The Bertz CT molecular complexity index is 750. The van der Waals surface area contributed by atoms with Crippen molar-refractivity contribution in [2.45, 2.75) is 0 Å². The molecule has 0 aliphatic rings. The molecule has 2 heterocycles. The first-order chi connectivity index (χ1) is 10.5. The van der Waals surface area contributed by atoms with Crippen LogP contribution in [0.15, 0.2) is 29.0 Å². The van der Waals surface area contributed by atoms with Crippen molar-refractivity contribution >= 4 is 27.6 Å². The molecule has 0 saturated carbocycles. The van der Waals surface area contributed by atoms with Gasteiger partial charge in [0.05, 0.1) is 30.3 Å². The van der Waals surface area contributed by atoms with Gasteiger partial charge < -0.3 is 9.47 Å². The summed E-state index contributed by atoms with van der Waals surface area (Å²) in [7, 11) is 2.60. The molecule has 2 aromatic heterocycles. The number of aromatic nitrogens is 2. The van der Waals surface area contributed by atoms with Crippen molar-refractivity contribution < 1.29 is 19.2 Å². The number of methoxy groups -OCH3 is 2. The zero-order valence-corrected chi connectivity index (χ0v) is 13.2. The zero-order chi connectivity index (χ0) is 16.3. The molecule has 0 N–H and O–H groups in total. The van der Waals surface area contributed by atoms with Crippen molar-refractivity contribution in [3.8, 4) is 17.1 Å². The Hall–Kier alpha value is -2.55. The van der Waals surface area contributed by atoms with E-state index in [9.17, 15) is 14.9 Å². The molecule has 0 fully saturated rings. The summed E-state index contributed by atoms with van der Waals surface area (Å²) in [5.74, 6) is -0.498. The van der Waals surface area contributed by atoms with Crippen molar-refractivity contribution in [3.05, 3.63) is 44.7 Å². The third-order valence-corrected chi connectivity index (χ3v) is 3.19. The first-order valence-electron chi connectivity index (χ1n) is 5.90. The Morgan fingerprint density at radius 2 is 2.00 bits per heavy atom. The monoisotopic (exact) mass is 367 g/mol.